The molecule has 1 aliphatic rings. The summed E-state index contributed by atoms with van der Waals surface area (Å²) in [6.45, 7) is 6.27. The zero-order valence-corrected chi connectivity index (χ0v) is 21.5. The lowest BCUT2D eigenvalue weighted by Gasteiger charge is -2.43. The van der Waals surface area contributed by atoms with Crippen LogP contribution < -0.4 is 15.0 Å². The third-order valence-electron chi connectivity index (χ3n) is 7.16. The quantitative estimate of drug-likeness (QED) is 0.413. The number of nitrogens with zero attached hydrogens (tertiary/aromatic N) is 3. The van der Waals surface area contributed by atoms with Crippen LogP contribution in [-0.4, -0.2) is 34.2 Å². The van der Waals surface area contributed by atoms with Crippen molar-refractivity contribution in [3.8, 4) is 17.0 Å². The Morgan fingerprint density at radius 1 is 1.03 bits per heavy atom. The summed E-state index contributed by atoms with van der Waals surface area (Å²) in [5.41, 5.74) is 4.42. The Kier molecular flexibility index (Phi) is 6.29. The van der Waals surface area contributed by atoms with Gasteiger partial charge in [0, 0.05) is 23.4 Å². The number of ether oxygens (including phenoxy) is 1. The number of anilines is 1. The molecule has 0 saturated heterocycles. The van der Waals surface area contributed by atoms with Gasteiger partial charge >= 0.3 is 0 Å². The van der Waals surface area contributed by atoms with Crippen LogP contribution in [0.25, 0.3) is 11.3 Å². The van der Waals surface area contributed by atoms with Gasteiger partial charge in [-0.1, -0.05) is 60.7 Å². The minimum Gasteiger partial charge on any atom is -0.496 e. The van der Waals surface area contributed by atoms with Gasteiger partial charge in [0.05, 0.1) is 19.3 Å². The molecule has 2 heterocycles. The van der Waals surface area contributed by atoms with Gasteiger partial charge < -0.3 is 10.1 Å². The van der Waals surface area contributed by atoms with Crippen molar-refractivity contribution in [1.82, 2.24) is 15.1 Å². The van der Waals surface area contributed by atoms with Crippen LogP contribution in [0.15, 0.2) is 78.9 Å². The highest BCUT2D eigenvalue weighted by molar-refractivity contribution is 6.12. The molecule has 1 aromatic heterocycles. The number of aromatic nitrogens is 2. The third kappa shape index (κ3) is 4.27. The number of carbonyl (C=O) groups excluding carboxylic acids is 2. The van der Waals surface area contributed by atoms with Crippen LogP contribution in [0.2, 0.25) is 0 Å². The number of methoxy groups -OCH3 is 1. The van der Waals surface area contributed by atoms with Crippen molar-refractivity contribution in [2.24, 2.45) is 0 Å². The molecule has 37 heavy (non-hydrogen) atoms. The van der Waals surface area contributed by atoms with Gasteiger partial charge in [0.2, 0.25) is 5.91 Å². The number of carbonyl (C=O) groups is 2. The second kappa shape index (κ2) is 9.58. The van der Waals surface area contributed by atoms with Gasteiger partial charge in [-0.3, -0.25) is 19.2 Å². The fraction of sp³-hybridized carbons (Fsp3) is 0.233. The van der Waals surface area contributed by atoms with E-state index in [0.717, 1.165) is 22.3 Å². The Hall–Kier alpha value is -4.39. The molecular weight excluding hydrogens is 464 g/mol. The van der Waals surface area contributed by atoms with Gasteiger partial charge in [-0.05, 0) is 50.1 Å². The molecule has 0 saturated carbocycles. The third-order valence-corrected chi connectivity index (χ3v) is 7.16. The Labute approximate surface area is 216 Å². The first-order valence-corrected chi connectivity index (χ1v) is 12.3. The van der Waals surface area contributed by atoms with Crippen LogP contribution in [0.5, 0.6) is 5.75 Å². The van der Waals surface area contributed by atoms with Gasteiger partial charge in [-0.2, -0.15) is 5.10 Å². The fourth-order valence-electron chi connectivity index (χ4n) is 4.90. The first-order chi connectivity index (χ1) is 17.8. The minimum atomic E-state index is -1.22. The Morgan fingerprint density at radius 3 is 2.51 bits per heavy atom. The summed E-state index contributed by atoms with van der Waals surface area (Å²) in [4.78, 5) is 29.6. The van der Waals surface area contributed by atoms with E-state index in [1.807, 2.05) is 92.7 Å². The molecule has 7 heteroatoms. The van der Waals surface area contributed by atoms with E-state index in [9.17, 15) is 9.59 Å². The smallest absolute Gasteiger partial charge is 0.277 e. The standard InChI is InChI=1S/C30H30N4O3/c1-20-11-10-15-25(21(20)2)34-28(35)26-17-24(22-12-6-5-7-13-22)32-33(26)19-30(34,3)29(36)31-18-23-14-8-9-16-27(23)37-4/h5-17H,18-19H2,1-4H3,(H,31,36)/t30-/m0/s1. The van der Waals surface area contributed by atoms with Crippen molar-refractivity contribution in [1.29, 1.82) is 0 Å². The zero-order valence-electron chi connectivity index (χ0n) is 21.5. The number of aryl methyl sites for hydroxylation is 1. The van der Waals surface area contributed by atoms with Gasteiger partial charge in [0.15, 0.2) is 0 Å². The first-order valence-electron chi connectivity index (χ1n) is 12.3. The van der Waals surface area contributed by atoms with Gasteiger partial charge in [-0.15, -0.1) is 0 Å². The van der Waals surface area contributed by atoms with E-state index in [-0.39, 0.29) is 24.9 Å². The van der Waals surface area contributed by atoms with E-state index in [4.69, 9.17) is 9.84 Å². The molecule has 3 aromatic carbocycles. The van der Waals surface area contributed by atoms with Gasteiger partial charge in [0.1, 0.15) is 17.0 Å². The zero-order chi connectivity index (χ0) is 26.2. The topological polar surface area (TPSA) is 76.5 Å². The lowest BCUT2D eigenvalue weighted by Crippen LogP contribution is -2.64. The Bertz CT molecular complexity index is 1480. The highest BCUT2D eigenvalue weighted by atomic mass is 16.5. The van der Waals surface area contributed by atoms with Crippen LogP contribution in [0, 0.1) is 13.8 Å². The van der Waals surface area contributed by atoms with Crippen molar-refractivity contribution in [2.45, 2.75) is 39.4 Å². The van der Waals surface area contributed by atoms with E-state index in [2.05, 4.69) is 5.32 Å². The molecule has 7 nitrogen and oxygen atoms in total. The monoisotopic (exact) mass is 494 g/mol. The largest absolute Gasteiger partial charge is 0.496 e. The highest BCUT2D eigenvalue weighted by Gasteiger charge is 2.49. The number of hydrogen-bond donors (Lipinski definition) is 1. The summed E-state index contributed by atoms with van der Waals surface area (Å²) in [7, 11) is 1.60. The Morgan fingerprint density at radius 2 is 1.76 bits per heavy atom. The number of amides is 2. The maximum Gasteiger partial charge on any atom is 0.277 e. The molecule has 1 atom stereocenters. The predicted octanol–water partition coefficient (Wildman–Crippen LogP) is 4.91. The van der Waals surface area contributed by atoms with E-state index < -0.39 is 5.54 Å². The van der Waals surface area contributed by atoms with E-state index in [1.165, 1.54) is 0 Å². The van der Waals surface area contributed by atoms with Crippen LogP contribution in [0.1, 0.15) is 34.1 Å². The number of fused-ring (bicyclic) bond motifs is 1. The average Bonchev–Trinajstić information content (AvgIpc) is 3.34. The lowest BCUT2D eigenvalue weighted by molar-refractivity contribution is -0.126. The second-order valence-corrected chi connectivity index (χ2v) is 9.57. The first kappa shape index (κ1) is 24.3. The summed E-state index contributed by atoms with van der Waals surface area (Å²) < 4.78 is 7.11. The second-order valence-electron chi connectivity index (χ2n) is 9.57. The van der Waals surface area contributed by atoms with Crippen molar-refractivity contribution >= 4 is 17.5 Å². The van der Waals surface area contributed by atoms with Crippen LogP contribution in [-0.2, 0) is 17.9 Å². The number of benzene rings is 3. The van der Waals surface area contributed by atoms with Gasteiger partial charge in [-0.25, -0.2) is 0 Å². The summed E-state index contributed by atoms with van der Waals surface area (Å²) in [5.74, 6) is 0.167. The predicted molar refractivity (Wildman–Crippen MR) is 144 cm³/mol. The van der Waals surface area contributed by atoms with Crippen molar-refractivity contribution in [2.75, 3.05) is 12.0 Å². The summed E-state index contributed by atoms with van der Waals surface area (Å²) >= 11 is 0. The van der Waals surface area contributed by atoms with Crippen LogP contribution in [0.3, 0.4) is 0 Å². The van der Waals surface area contributed by atoms with Crippen molar-refractivity contribution < 1.29 is 14.3 Å². The molecule has 188 valence electrons. The molecule has 4 aromatic rings. The molecule has 5 rings (SSSR count). The van der Waals surface area contributed by atoms with Crippen LogP contribution in [0.4, 0.5) is 5.69 Å². The molecule has 0 unspecified atom stereocenters. The summed E-state index contributed by atoms with van der Waals surface area (Å²) in [6.07, 6.45) is 0. The minimum absolute atomic E-state index is 0.214. The maximum atomic E-state index is 14.1. The molecular formula is C30H30N4O3. The fourth-order valence-corrected chi connectivity index (χ4v) is 4.90. The number of hydrogen-bond acceptors (Lipinski definition) is 4. The van der Waals surface area contributed by atoms with Crippen molar-refractivity contribution in [3.63, 3.8) is 0 Å². The number of rotatable bonds is 6. The molecule has 1 N–H and O–H groups in total. The van der Waals surface area contributed by atoms with E-state index in [0.29, 0.717) is 22.8 Å². The molecule has 0 aliphatic carbocycles. The van der Waals surface area contributed by atoms with Crippen LogP contribution >= 0.6 is 0 Å². The van der Waals surface area contributed by atoms with E-state index >= 15 is 0 Å². The summed E-state index contributed by atoms with van der Waals surface area (Å²) in [5, 5.41) is 7.79. The molecule has 0 bridgehead atoms. The highest BCUT2D eigenvalue weighted by Crippen LogP contribution is 2.36. The summed E-state index contributed by atoms with van der Waals surface area (Å²) in [6, 6.07) is 24.9. The average molecular weight is 495 g/mol. The number of para-hydroxylation sites is 1. The molecule has 1 aliphatic heterocycles. The molecule has 0 fully saturated rings. The SMILES string of the molecule is COc1ccccc1CNC(=O)[C@]1(C)Cn2nc(-c3ccccc3)cc2C(=O)N1c1cccc(C)c1C. The normalized spacial score (nSPS) is 16.9. The molecule has 2 amide bonds. The maximum absolute atomic E-state index is 14.1. The van der Waals surface area contributed by atoms with Gasteiger partial charge in [0.25, 0.3) is 5.91 Å². The van der Waals surface area contributed by atoms with E-state index in [1.54, 1.807) is 23.6 Å². The van der Waals surface area contributed by atoms with Crippen molar-refractivity contribution in [3.05, 3.63) is 101 Å². The molecule has 0 radical (unpaired) electrons. The number of nitrogens with one attached hydrogen (secondary N) is 1. The lowest BCUT2D eigenvalue weighted by atomic mass is 9.92. The molecule has 0 spiro atoms. The Balaban J connectivity index is 1.57.